The van der Waals surface area contributed by atoms with E-state index in [0.29, 0.717) is 10.7 Å². The topological polar surface area (TPSA) is 68.5 Å². The van der Waals surface area contributed by atoms with Crippen molar-refractivity contribution in [2.75, 3.05) is 6.26 Å². The maximum Gasteiger partial charge on any atom is 0.252 e. The number of rotatable bonds is 4. The minimum atomic E-state index is -3.24. The Morgan fingerprint density at radius 3 is 2.41 bits per heavy atom. The number of carbonyl (C=O) groups excluding carboxylic acids is 1. The van der Waals surface area contributed by atoms with E-state index in [-0.39, 0.29) is 17.2 Å². The van der Waals surface area contributed by atoms with Gasteiger partial charge < -0.3 is 4.57 Å². The highest BCUT2D eigenvalue weighted by Crippen LogP contribution is 2.23. The molecule has 0 fully saturated rings. The highest BCUT2D eigenvalue weighted by atomic mass is 32.2. The number of aryl methyl sites for hydroxylation is 1. The molecule has 0 N–H and O–H groups in total. The Morgan fingerprint density at radius 2 is 1.81 bits per heavy atom. The quantitative estimate of drug-likeness (QED) is 0.671. The number of benzene rings is 2. The lowest BCUT2D eigenvalue weighted by Gasteiger charge is -2.04. The van der Waals surface area contributed by atoms with Crippen LogP contribution < -0.4 is 4.80 Å². The normalized spacial score (nSPS) is 12.9. The molecule has 0 atom stereocenters. The summed E-state index contributed by atoms with van der Waals surface area (Å²) in [5.41, 5.74) is 3.05. The molecule has 0 aliphatic carbocycles. The van der Waals surface area contributed by atoms with Crippen LogP contribution in [0.3, 0.4) is 0 Å². The van der Waals surface area contributed by atoms with Crippen LogP contribution in [-0.2, 0) is 28.1 Å². The second-order valence-electron chi connectivity index (χ2n) is 6.92. The largest absolute Gasteiger partial charge is 0.319 e. The van der Waals surface area contributed by atoms with Crippen molar-refractivity contribution in [1.82, 2.24) is 4.57 Å². The zero-order valence-corrected chi connectivity index (χ0v) is 17.4. The van der Waals surface area contributed by atoms with Gasteiger partial charge in [0.2, 0.25) is 0 Å². The minimum Gasteiger partial charge on any atom is -0.319 e. The molecule has 142 valence electrons. The number of hydrogen-bond acceptors (Lipinski definition) is 4. The van der Waals surface area contributed by atoms with E-state index >= 15 is 0 Å². The second-order valence-corrected chi connectivity index (χ2v) is 9.95. The molecule has 0 aliphatic heterocycles. The van der Waals surface area contributed by atoms with Gasteiger partial charge in [0.05, 0.1) is 21.5 Å². The van der Waals surface area contributed by atoms with Gasteiger partial charge in [0, 0.05) is 13.3 Å². The van der Waals surface area contributed by atoms with Crippen molar-refractivity contribution >= 4 is 37.3 Å². The van der Waals surface area contributed by atoms with Crippen LogP contribution in [0.25, 0.3) is 10.2 Å². The molecule has 0 bridgehead atoms. The number of aromatic nitrogens is 1. The number of hydrogen-bond donors (Lipinski definition) is 0. The van der Waals surface area contributed by atoms with Crippen molar-refractivity contribution in [2.45, 2.75) is 31.1 Å². The van der Waals surface area contributed by atoms with Gasteiger partial charge in [-0.1, -0.05) is 43.4 Å². The lowest BCUT2D eigenvalue weighted by Crippen LogP contribution is -2.14. The van der Waals surface area contributed by atoms with Gasteiger partial charge in [0.15, 0.2) is 14.6 Å². The molecular weight excluding hydrogens is 380 g/mol. The number of nitrogens with zero attached hydrogens (tertiary/aromatic N) is 2. The summed E-state index contributed by atoms with van der Waals surface area (Å²) >= 11 is 1.50. The monoisotopic (exact) mass is 402 g/mol. The maximum atomic E-state index is 12.4. The smallest absolute Gasteiger partial charge is 0.252 e. The first-order chi connectivity index (χ1) is 12.6. The molecule has 7 heteroatoms. The van der Waals surface area contributed by atoms with Gasteiger partial charge in [-0.25, -0.2) is 8.42 Å². The summed E-state index contributed by atoms with van der Waals surface area (Å²) in [5, 5.41) is 0. The standard InChI is InChI=1S/C20H22N2O3S2/c1-13(2)15-7-10-17-18(12-15)26-20(22(17)3)21-19(23)11-14-5-8-16(9-6-14)27(4,24)25/h5-10,12-13H,11H2,1-4H3. The van der Waals surface area contributed by atoms with Crippen molar-refractivity contribution in [1.29, 1.82) is 0 Å². The molecule has 0 spiro atoms. The van der Waals surface area contributed by atoms with Gasteiger partial charge in [-0.2, -0.15) is 4.99 Å². The van der Waals surface area contributed by atoms with Crippen molar-refractivity contribution < 1.29 is 13.2 Å². The Hall–Kier alpha value is -2.25. The van der Waals surface area contributed by atoms with E-state index in [0.717, 1.165) is 22.0 Å². The molecule has 1 heterocycles. The fourth-order valence-corrected chi connectivity index (χ4v) is 4.51. The summed E-state index contributed by atoms with van der Waals surface area (Å²) < 4.78 is 26.0. The summed E-state index contributed by atoms with van der Waals surface area (Å²) in [7, 11) is -1.33. The van der Waals surface area contributed by atoms with E-state index in [1.165, 1.54) is 29.0 Å². The van der Waals surface area contributed by atoms with Crippen molar-refractivity contribution in [3.63, 3.8) is 0 Å². The third-order valence-corrected chi connectivity index (χ3v) is 6.65. The Labute approximate surface area is 162 Å². The Morgan fingerprint density at radius 1 is 1.15 bits per heavy atom. The fraction of sp³-hybridized carbons (Fsp3) is 0.300. The van der Waals surface area contributed by atoms with Crippen LogP contribution >= 0.6 is 11.3 Å². The van der Waals surface area contributed by atoms with Gasteiger partial charge in [0.25, 0.3) is 5.91 Å². The first-order valence-electron chi connectivity index (χ1n) is 8.61. The third kappa shape index (κ3) is 4.36. The molecule has 5 nitrogen and oxygen atoms in total. The highest BCUT2D eigenvalue weighted by molar-refractivity contribution is 7.90. The van der Waals surface area contributed by atoms with Crippen molar-refractivity contribution in [2.24, 2.45) is 12.0 Å². The van der Waals surface area contributed by atoms with Crippen LogP contribution in [0.1, 0.15) is 30.9 Å². The summed E-state index contributed by atoms with van der Waals surface area (Å²) in [4.78, 5) is 17.5. The minimum absolute atomic E-state index is 0.134. The van der Waals surface area contributed by atoms with Gasteiger partial charge in [-0.3, -0.25) is 4.79 Å². The molecule has 0 saturated heterocycles. The predicted molar refractivity (Wildman–Crippen MR) is 109 cm³/mol. The molecule has 0 aliphatic rings. The molecule has 2 aromatic carbocycles. The summed E-state index contributed by atoms with van der Waals surface area (Å²) in [6.07, 6.45) is 1.30. The number of carbonyl (C=O) groups is 1. The highest BCUT2D eigenvalue weighted by Gasteiger charge is 2.10. The van der Waals surface area contributed by atoms with Crippen LogP contribution in [0, 0.1) is 0 Å². The SMILES string of the molecule is CC(C)c1ccc2c(c1)sc(=NC(=O)Cc1ccc(S(C)(=O)=O)cc1)n2C. The Bertz CT molecular complexity index is 1170. The maximum absolute atomic E-state index is 12.4. The molecular formula is C20H22N2O3S2. The van der Waals surface area contributed by atoms with Crippen molar-refractivity contribution in [3.8, 4) is 0 Å². The molecule has 3 rings (SSSR count). The second kappa shape index (κ2) is 7.40. The lowest BCUT2D eigenvalue weighted by molar-refractivity contribution is -0.117. The third-order valence-electron chi connectivity index (χ3n) is 4.43. The lowest BCUT2D eigenvalue weighted by atomic mass is 10.0. The Kier molecular flexibility index (Phi) is 5.35. The van der Waals surface area contributed by atoms with Gasteiger partial charge in [0.1, 0.15) is 0 Å². The van der Waals surface area contributed by atoms with Crippen LogP contribution in [0.2, 0.25) is 0 Å². The Balaban J connectivity index is 1.87. The average molecular weight is 403 g/mol. The first kappa shape index (κ1) is 19.5. The summed E-state index contributed by atoms with van der Waals surface area (Å²) in [5.74, 6) is 0.187. The fourth-order valence-electron chi connectivity index (χ4n) is 2.79. The summed E-state index contributed by atoms with van der Waals surface area (Å²) in [6, 6.07) is 12.7. The van der Waals surface area contributed by atoms with E-state index in [1.807, 2.05) is 11.6 Å². The molecule has 27 heavy (non-hydrogen) atoms. The molecule has 1 aromatic heterocycles. The predicted octanol–water partition coefficient (Wildman–Crippen LogP) is 3.44. The van der Waals surface area contributed by atoms with E-state index < -0.39 is 9.84 Å². The van der Waals surface area contributed by atoms with Crippen LogP contribution in [0.15, 0.2) is 52.4 Å². The number of fused-ring (bicyclic) bond motifs is 1. The molecule has 0 unspecified atom stereocenters. The number of thiazole rings is 1. The number of sulfone groups is 1. The number of amides is 1. The van der Waals surface area contributed by atoms with E-state index in [1.54, 1.807) is 12.1 Å². The molecule has 3 aromatic rings. The van der Waals surface area contributed by atoms with Crippen LogP contribution in [0.4, 0.5) is 0 Å². The van der Waals surface area contributed by atoms with Gasteiger partial charge in [-0.05, 0) is 41.3 Å². The zero-order valence-electron chi connectivity index (χ0n) is 15.8. The van der Waals surface area contributed by atoms with Crippen LogP contribution in [-0.4, -0.2) is 25.1 Å². The van der Waals surface area contributed by atoms with Gasteiger partial charge >= 0.3 is 0 Å². The molecule has 0 saturated carbocycles. The first-order valence-corrected chi connectivity index (χ1v) is 11.3. The van der Waals surface area contributed by atoms with Crippen LogP contribution in [0.5, 0.6) is 0 Å². The van der Waals surface area contributed by atoms with Crippen molar-refractivity contribution in [3.05, 3.63) is 58.4 Å². The van der Waals surface area contributed by atoms with E-state index in [4.69, 9.17) is 0 Å². The van der Waals surface area contributed by atoms with E-state index in [9.17, 15) is 13.2 Å². The molecule has 0 radical (unpaired) electrons. The summed E-state index contributed by atoms with van der Waals surface area (Å²) in [6.45, 7) is 4.30. The average Bonchev–Trinajstić information content (AvgIpc) is 2.89. The van der Waals surface area contributed by atoms with Gasteiger partial charge in [-0.15, -0.1) is 0 Å². The van der Waals surface area contributed by atoms with E-state index in [2.05, 4.69) is 37.0 Å². The zero-order chi connectivity index (χ0) is 19.8. The molecule has 1 amide bonds.